The third-order valence-electron chi connectivity index (χ3n) is 3.55. The van der Waals surface area contributed by atoms with Crippen LogP contribution in [-0.4, -0.2) is 38.5 Å². The smallest absolute Gasteiger partial charge is 0.257 e. The molecule has 0 N–H and O–H groups in total. The van der Waals surface area contributed by atoms with Gasteiger partial charge in [-0.2, -0.15) is 5.10 Å². The highest BCUT2D eigenvalue weighted by molar-refractivity contribution is 9.09. The molecule has 1 saturated carbocycles. The second-order valence-electron chi connectivity index (χ2n) is 4.88. The van der Waals surface area contributed by atoms with E-state index >= 15 is 0 Å². The topological polar surface area (TPSA) is 38.1 Å². The molecule has 2 rings (SSSR count). The number of amides is 1. The van der Waals surface area contributed by atoms with E-state index in [4.69, 9.17) is 0 Å². The van der Waals surface area contributed by atoms with E-state index < -0.39 is 0 Å². The largest absolute Gasteiger partial charge is 0.335 e. The van der Waals surface area contributed by atoms with Crippen molar-refractivity contribution in [3.05, 3.63) is 18.0 Å². The Morgan fingerprint density at radius 3 is 2.78 bits per heavy atom. The molecule has 1 aliphatic carbocycles. The minimum absolute atomic E-state index is 0.120. The number of hydrogen-bond donors (Lipinski definition) is 0. The second kappa shape index (κ2) is 6.36. The van der Waals surface area contributed by atoms with E-state index in [1.165, 1.54) is 19.3 Å². The number of aromatic nitrogens is 2. The Hall–Kier alpha value is -0.840. The first-order valence-electron chi connectivity index (χ1n) is 6.58. The fourth-order valence-corrected chi connectivity index (χ4v) is 3.01. The molecule has 0 spiro atoms. The summed E-state index contributed by atoms with van der Waals surface area (Å²) in [6, 6.07) is 0.406. The lowest BCUT2D eigenvalue weighted by Crippen LogP contribution is -2.42. The van der Waals surface area contributed by atoms with Crippen molar-refractivity contribution in [2.24, 2.45) is 7.05 Å². The van der Waals surface area contributed by atoms with Crippen LogP contribution >= 0.6 is 15.9 Å². The van der Waals surface area contributed by atoms with E-state index in [1.54, 1.807) is 17.1 Å². The lowest BCUT2D eigenvalue weighted by molar-refractivity contribution is 0.0651. The Morgan fingerprint density at radius 1 is 1.50 bits per heavy atom. The summed E-state index contributed by atoms with van der Waals surface area (Å²) in [4.78, 5) is 14.5. The SMILES string of the molecule is Cn1cc(C(=O)N(CCBr)C2CCCCC2)cn1. The van der Waals surface area contributed by atoms with Crippen molar-refractivity contribution < 1.29 is 4.79 Å². The van der Waals surface area contributed by atoms with Crippen LogP contribution in [0.2, 0.25) is 0 Å². The van der Waals surface area contributed by atoms with Gasteiger partial charge in [0.25, 0.3) is 5.91 Å². The van der Waals surface area contributed by atoms with Crippen LogP contribution in [0.25, 0.3) is 0 Å². The zero-order chi connectivity index (χ0) is 13.0. The molecule has 100 valence electrons. The first-order chi connectivity index (χ1) is 8.72. The van der Waals surface area contributed by atoms with Gasteiger partial charge in [0, 0.05) is 31.2 Å². The zero-order valence-electron chi connectivity index (χ0n) is 10.8. The van der Waals surface area contributed by atoms with Gasteiger partial charge in [-0.25, -0.2) is 0 Å². The minimum Gasteiger partial charge on any atom is -0.335 e. The maximum atomic E-state index is 12.5. The van der Waals surface area contributed by atoms with Gasteiger partial charge in [-0.3, -0.25) is 9.48 Å². The number of hydrogen-bond acceptors (Lipinski definition) is 2. The van der Waals surface area contributed by atoms with Crippen LogP contribution in [0.4, 0.5) is 0 Å². The van der Waals surface area contributed by atoms with Gasteiger partial charge in [0.1, 0.15) is 0 Å². The van der Waals surface area contributed by atoms with Crippen molar-refractivity contribution in [2.45, 2.75) is 38.1 Å². The first-order valence-corrected chi connectivity index (χ1v) is 7.70. The first kappa shape index (κ1) is 13.6. The number of carbonyl (C=O) groups excluding carboxylic acids is 1. The normalized spacial score (nSPS) is 16.8. The molecule has 5 heteroatoms. The van der Waals surface area contributed by atoms with E-state index in [0.29, 0.717) is 11.6 Å². The summed E-state index contributed by atoms with van der Waals surface area (Å²) in [6.45, 7) is 0.776. The number of carbonyl (C=O) groups is 1. The highest BCUT2D eigenvalue weighted by Crippen LogP contribution is 2.24. The van der Waals surface area contributed by atoms with Crippen LogP contribution in [0.3, 0.4) is 0 Å². The fourth-order valence-electron chi connectivity index (χ4n) is 2.63. The summed E-state index contributed by atoms with van der Waals surface area (Å²) < 4.78 is 1.68. The van der Waals surface area contributed by atoms with Crippen LogP contribution in [0, 0.1) is 0 Å². The molecule has 18 heavy (non-hydrogen) atoms. The van der Waals surface area contributed by atoms with Crippen molar-refractivity contribution in [3.63, 3.8) is 0 Å². The molecule has 0 bridgehead atoms. The van der Waals surface area contributed by atoms with Gasteiger partial charge in [0.05, 0.1) is 11.8 Å². The predicted molar refractivity (Wildman–Crippen MR) is 74.9 cm³/mol. The summed E-state index contributed by atoms with van der Waals surface area (Å²) >= 11 is 3.45. The summed E-state index contributed by atoms with van der Waals surface area (Å²) in [5, 5.41) is 4.91. The molecular weight excluding hydrogens is 294 g/mol. The summed E-state index contributed by atoms with van der Waals surface area (Å²) in [6.07, 6.45) is 9.52. The van der Waals surface area contributed by atoms with E-state index in [0.717, 1.165) is 24.7 Å². The van der Waals surface area contributed by atoms with Crippen LogP contribution in [0.15, 0.2) is 12.4 Å². The molecule has 0 radical (unpaired) electrons. The molecule has 1 amide bonds. The lowest BCUT2D eigenvalue weighted by Gasteiger charge is -2.33. The monoisotopic (exact) mass is 313 g/mol. The quantitative estimate of drug-likeness (QED) is 0.801. The Balaban J connectivity index is 2.10. The molecule has 1 aromatic rings. The zero-order valence-corrected chi connectivity index (χ0v) is 12.4. The highest BCUT2D eigenvalue weighted by Gasteiger charge is 2.26. The molecule has 1 aliphatic rings. The molecule has 0 atom stereocenters. The Labute approximate surface area is 116 Å². The fraction of sp³-hybridized carbons (Fsp3) is 0.692. The van der Waals surface area contributed by atoms with Gasteiger partial charge >= 0.3 is 0 Å². The van der Waals surface area contributed by atoms with Crippen molar-refractivity contribution >= 4 is 21.8 Å². The van der Waals surface area contributed by atoms with E-state index in [1.807, 2.05) is 11.9 Å². The predicted octanol–water partition coefficient (Wildman–Crippen LogP) is 2.59. The molecule has 1 fully saturated rings. The van der Waals surface area contributed by atoms with Crippen molar-refractivity contribution in [1.82, 2.24) is 14.7 Å². The average Bonchev–Trinajstić information content (AvgIpc) is 2.83. The maximum absolute atomic E-state index is 12.5. The lowest BCUT2D eigenvalue weighted by atomic mass is 9.94. The van der Waals surface area contributed by atoms with Crippen molar-refractivity contribution in [1.29, 1.82) is 0 Å². The summed E-state index contributed by atoms with van der Waals surface area (Å²) in [5.41, 5.74) is 0.698. The molecule has 4 nitrogen and oxygen atoms in total. The Bertz CT molecular complexity index is 399. The number of rotatable bonds is 4. The molecule has 1 aromatic heterocycles. The van der Waals surface area contributed by atoms with E-state index in [2.05, 4.69) is 21.0 Å². The number of alkyl halides is 1. The number of aryl methyl sites for hydroxylation is 1. The van der Waals surface area contributed by atoms with E-state index in [9.17, 15) is 4.79 Å². The Morgan fingerprint density at radius 2 is 2.22 bits per heavy atom. The third kappa shape index (κ3) is 3.13. The highest BCUT2D eigenvalue weighted by atomic mass is 79.9. The summed E-state index contributed by atoms with van der Waals surface area (Å²) in [5.74, 6) is 0.120. The van der Waals surface area contributed by atoms with Gasteiger partial charge in [-0.1, -0.05) is 35.2 Å². The second-order valence-corrected chi connectivity index (χ2v) is 5.68. The molecule has 1 heterocycles. The summed E-state index contributed by atoms with van der Waals surface area (Å²) in [7, 11) is 1.84. The van der Waals surface area contributed by atoms with Crippen LogP contribution < -0.4 is 0 Å². The molecule has 0 saturated heterocycles. The van der Waals surface area contributed by atoms with Crippen molar-refractivity contribution in [2.75, 3.05) is 11.9 Å². The third-order valence-corrected chi connectivity index (χ3v) is 3.91. The molecule has 0 aromatic carbocycles. The van der Waals surface area contributed by atoms with Crippen LogP contribution in [0.1, 0.15) is 42.5 Å². The molecular formula is C13H20BrN3O. The van der Waals surface area contributed by atoms with Gasteiger partial charge in [0.2, 0.25) is 0 Å². The average molecular weight is 314 g/mol. The minimum atomic E-state index is 0.120. The maximum Gasteiger partial charge on any atom is 0.257 e. The van der Waals surface area contributed by atoms with Gasteiger partial charge < -0.3 is 4.90 Å². The Kier molecular flexibility index (Phi) is 4.80. The molecule has 0 aliphatic heterocycles. The van der Waals surface area contributed by atoms with Crippen LogP contribution in [-0.2, 0) is 7.05 Å². The molecule has 0 unspecified atom stereocenters. The van der Waals surface area contributed by atoms with Gasteiger partial charge in [-0.15, -0.1) is 0 Å². The van der Waals surface area contributed by atoms with Gasteiger partial charge in [-0.05, 0) is 12.8 Å². The standard InChI is InChI=1S/C13H20BrN3O/c1-16-10-11(9-15-16)13(18)17(8-7-14)12-5-3-2-4-6-12/h9-10,12H,2-8H2,1H3. The van der Waals surface area contributed by atoms with E-state index in [-0.39, 0.29) is 5.91 Å². The van der Waals surface area contributed by atoms with Crippen molar-refractivity contribution in [3.8, 4) is 0 Å². The van der Waals surface area contributed by atoms with Crippen LogP contribution in [0.5, 0.6) is 0 Å². The van der Waals surface area contributed by atoms with Gasteiger partial charge in [0.15, 0.2) is 0 Å². The number of nitrogens with zero attached hydrogens (tertiary/aromatic N) is 3. The number of halogens is 1.